The molecule has 0 spiro atoms. The quantitative estimate of drug-likeness (QED) is 0.789. The van der Waals surface area contributed by atoms with Crippen LogP contribution in [0.3, 0.4) is 0 Å². The summed E-state index contributed by atoms with van der Waals surface area (Å²) in [4.78, 5) is 14.1. The van der Waals surface area contributed by atoms with Crippen LogP contribution in [0.2, 0.25) is 0 Å². The maximum atomic E-state index is 12.4. The lowest BCUT2D eigenvalue weighted by molar-refractivity contribution is 0.0581. The zero-order chi connectivity index (χ0) is 13.4. The molecule has 2 aliphatic heterocycles. The molecule has 0 bridgehead atoms. The van der Waals surface area contributed by atoms with Crippen LogP contribution >= 0.6 is 0 Å². The zero-order valence-electron chi connectivity index (χ0n) is 10.9. The van der Waals surface area contributed by atoms with Crippen LogP contribution in [0, 0.1) is 0 Å². The molecular weight excluding hydrogens is 244 g/mol. The molecule has 1 aromatic rings. The molecule has 102 valence electrons. The normalized spacial score (nSPS) is 24.9. The van der Waals surface area contributed by atoms with E-state index in [2.05, 4.69) is 5.32 Å². The van der Waals surface area contributed by atoms with Crippen LogP contribution in [0.4, 0.5) is 0 Å². The molecule has 0 aliphatic carbocycles. The molecule has 1 saturated heterocycles. The lowest BCUT2D eigenvalue weighted by Gasteiger charge is -2.26. The Balaban J connectivity index is 1.79. The van der Waals surface area contributed by atoms with Crippen molar-refractivity contribution in [1.82, 2.24) is 10.2 Å². The molecule has 0 saturated carbocycles. The monoisotopic (exact) mass is 262 g/mol. The number of ether oxygens (including phenoxy) is 1. The van der Waals surface area contributed by atoms with E-state index in [1.54, 1.807) is 18.0 Å². The highest BCUT2D eigenvalue weighted by Gasteiger charge is 2.31. The Morgan fingerprint density at radius 3 is 3.05 bits per heavy atom. The highest BCUT2D eigenvalue weighted by atomic mass is 16.5. The van der Waals surface area contributed by atoms with E-state index in [1.165, 1.54) is 0 Å². The molecule has 2 aliphatic rings. The first-order valence-electron chi connectivity index (χ1n) is 6.58. The summed E-state index contributed by atoms with van der Waals surface area (Å²) in [5.41, 5.74) is 1.75. The second-order valence-electron chi connectivity index (χ2n) is 5.13. The Morgan fingerprint density at radius 2 is 2.32 bits per heavy atom. The van der Waals surface area contributed by atoms with Gasteiger partial charge in [-0.3, -0.25) is 4.79 Å². The lowest BCUT2D eigenvalue weighted by Crippen LogP contribution is -2.44. The van der Waals surface area contributed by atoms with Gasteiger partial charge in [0.2, 0.25) is 0 Å². The number of aliphatic hydroxyl groups excluding tert-OH is 1. The predicted octanol–water partition coefficient (Wildman–Crippen LogP) is 0.0262. The minimum Gasteiger partial charge on any atom is -0.493 e. The van der Waals surface area contributed by atoms with Crippen molar-refractivity contribution < 1.29 is 14.6 Å². The molecule has 0 aromatic heterocycles. The summed E-state index contributed by atoms with van der Waals surface area (Å²) >= 11 is 0. The lowest BCUT2D eigenvalue weighted by atomic mass is 10.1. The number of carbonyl (C=O) groups is 1. The van der Waals surface area contributed by atoms with E-state index in [-0.39, 0.29) is 11.9 Å². The maximum absolute atomic E-state index is 12.4. The number of amides is 1. The van der Waals surface area contributed by atoms with Crippen molar-refractivity contribution in [3.8, 4) is 5.75 Å². The molecule has 1 fully saturated rings. The fourth-order valence-electron chi connectivity index (χ4n) is 2.72. The van der Waals surface area contributed by atoms with Crippen LogP contribution in [-0.2, 0) is 6.42 Å². The molecule has 0 unspecified atom stereocenters. The zero-order valence-corrected chi connectivity index (χ0v) is 10.9. The van der Waals surface area contributed by atoms with E-state index in [0.29, 0.717) is 25.3 Å². The molecule has 5 nitrogen and oxygen atoms in total. The van der Waals surface area contributed by atoms with Gasteiger partial charge < -0.3 is 20.1 Å². The number of hydrogen-bond donors (Lipinski definition) is 2. The Labute approximate surface area is 112 Å². The summed E-state index contributed by atoms with van der Waals surface area (Å²) in [6.07, 6.45) is 0.361. The van der Waals surface area contributed by atoms with Gasteiger partial charge in [0.25, 0.3) is 5.91 Å². The number of aliphatic hydroxyl groups is 1. The average molecular weight is 262 g/mol. The third-order valence-corrected chi connectivity index (χ3v) is 3.91. The minimum atomic E-state index is -0.494. The number of likely N-dealkylation sites (N-methyl/N-ethyl adjacent to an activating group) is 1. The van der Waals surface area contributed by atoms with Gasteiger partial charge in [-0.05, 0) is 23.8 Å². The van der Waals surface area contributed by atoms with Crippen LogP contribution in [0.25, 0.3) is 0 Å². The summed E-state index contributed by atoms with van der Waals surface area (Å²) in [6.45, 7) is 1.87. The Hall–Kier alpha value is -1.59. The predicted molar refractivity (Wildman–Crippen MR) is 70.4 cm³/mol. The molecule has 3 rings (SSSR count). The summed E-state index contributed by atoms with van der Waals surface area (Å²) in [7, 11) is 1.74. The first-order chi connectivity index (χ1) is 9.16. The summed E-state index contributed by atoms with van der Waals surface area (Å²) < 4.78 is 5.44. The van der Waals surface area contributed by atoms with Gasteiger partial charge >= 0.3 is 0 Å². The number of nitrogens with zero attached hydrogens (tertiary/aromatic N) is 1. The first-order valence-corrected chi connectivity index (χ1v) is 6.58. The van der Waals surface area contributed by atoms with Gasteiger partial charge in [-0.1, -0.05) is 0 Å². The van der Waals surface area contributed by atoms with Crippen LogP contribution in [0.1, 0.15) is 15.9 Å². The van der Waals surface area contributed by atoms with Gasteiger partial charge in [0.15, 0.2) is 0 Å². The van der Waals surface area contributed by atoms with E-state index in [0.717, 1.165) is 17.7 Å². The number of β-amino-alcohol motifs (C(OH)–C–C–N with tert-alkyl or cyclic N) is 1. The van der Waals surface area contributed by atoms with Gasteiger partial charge in [0.05, 0.1) is 18.8 Å². The van der Waals surface area contributed by atoms with Gasteiger partial charge in [-0.2, -0.15) is 0 Å². The number of benzene rings is 1. The molecule has 2 atom stereocenters. The van der Waals surface area contributed by atoms with Crippen molar-refractivity contribution in [3.05, 3.63) is 29.3 Å². The van der Waals surface area contributed by atoms with Crippen molar-refractivity contribution in [1.29, 1.82) is 0 Å². The molecule has 2 heterocycles. The Morgan fingerprint density at radius 1 is 1.47 bits per heavy atom. The molecule has 0 radical (unpaired) electrons. The van der Waals surface area contributed by atoms with E-state index in [9.17, 15) is 9.90 Å². The number of carbonyl (C=O) groups excluding carboxylic acids is 1. The average Bonchev–Trinajstić information content (AvgIpc) is 3.04. The third-order valence-electron chi connectivity index (χ3n) is 3.91. The molecular formula is C14H18N2O3. The summed E-state index contributed by atoms with van der Waals surface area (Å²) in [5.74, 6) is 0.823. The Bertz CT molecular complexity index is 503. The fraction of sp³-hybridized carbons (Fsp3) is 0.500. The first kappa shape index (κ1) is 12.4. The highest BCUT2D eigenvalue weighted by molar-refractivity contribution is 5.94. The van der Waals surface area contributed by atoms with Crippen LogP contribution in [0.15, 0.2) is 18.2 Å². The van der Waals surface area contributed by atoms with Crippen LogP contribution in [-0.4, -0.2) is 54.8 Å². The molecule has 1 amide bonds. The van der Waals surface area contributed by atoms with Crippen molar-refractivity contribution >= 4 is 5.91 Å². The van der Waals surface area contributed by atoms with E-state index in [4.69, 9.17) is 4.74 Å². The second-order valence-corrected chi connectivity index (χ2v) is 5.13. The van der Waals surface area contributed by atoms with Gasteiger partial charge in [0, 0.05) is 32.1 Å². The number of fused-ring (bicyclic) bond motifs is 1. The third kappa shape index (κ3) is 2.19. The van der Waals surface area contributed by atoms with Gasteiger partial charge in [-0.15, -0.1) is 0 Å². The van der Waals surface area contributed by atoms with Crippen molar-refractivity contribution in [2.45, 2.75) is 18.6 Å². The second kappa shape index (κ2) is 4.83. The van der Waals surface area contributed by atoms with Crippen molar-refractivity contribution in [3.63, 3.8) is 0 Å². The molecule has 2 N–H and O–H groups in total. The van der Waals surface area contributed by atoms with E-state index in [1.807, 2.05) is 12.1 Å². The summed E-state index contributed by atoms with van der Waals surface area (Å²) in [6, 6.07) is 5.39. The highest BCUT2D eigenvalue weighted by Crippen LogP contribution is 2.26. The van der Waals surface area contributed by atoms with Gasteiger partial charge in [0.1, 0.15) is 5.75 Å². The standard InChI is InChI=1S/C14H18N2O3/c1-16(11-7-15-8-12(11)17)14(18)10-2-3-13-9(6-10)4-5-19-13/h2-3,6,11-12,15,17H,4-5,7-8H2,1H3/t11-,12-/m1/s1. The van der Waals surface area contributed by atoms with Gasteiger partial charge in [-0.25, -0.2) is 0 Å². The minimum absolute atomic E-state index is 0.0533. The SMILES string of the molecule is CN(C(=O)c1ccc2c(c1)CCO2)[C@@H]1CNC[C@H]1O. The van der Waals surface area contributed by atoms with Crippen molar-refractivity contribution in [2.24, 2.45) is 0 Å². The smallest absolute Gasteiger partial charge is 0.253 e. The number of rotatable bonds is 2. The molecule has 5 heteroatoms. The molecule has 1 aromatic carbocycles. The van der Waals surface area contributed by atoms with E-state index < -0.39 is 6.10 Å². The summed E-state index contributed by atoms with van der Waals surface area (Å²) in [5, 5.41) is 12.9. The number of nitrogens with one attached hydrogen (secondary N) is 1. The Kier molecular flexibility index (Phi) is 3.16. The van der Waals surface area contributed by atoms with Crippen molar-refractivity contribution in [2.75, 3.05) is 26.7 Å². The largest absolute Gasteiger partial charge is 0.493 e. The number of hydrogen-bond acceptors (Lipinski definition) is 4. The topological polar surface area (TPSA) is 61.8 Å². The molecule has 19 heavy (non-hydrogen) atoms. The van der Waals surface area contributed by atoms with E-state index >= 15 is 0 Å². The van der Waals surface area contributed by atoms with Crippen LogP contribution < -0.4 is 10.1 Å². The fourth-order valence-corrected chi connectivity index (χ4v) is 2.72. The maximum Gasteiger partial charge on any atom is 0.253 e. The van der Waals surface area contributed by atoms with Crippen LogP contribution in [0.5, 0.6) is 5.75 Å².